The summed E-state index contributed by atoms with van der Waals surface area (Å²) in [5, 5.41) is 13.2. The number of rotatable bonds is 7. The van der Waals surface area contributed by atoms with Gasteiger partial charge in [0, 0.05) is 51.9 Å². The van der Waals surface area contributed by atoms with Crippen LogP contribution in [0.5, 0.6) is 0 Å². The van der Waals surface area contributed by atoms with Gasteiger partial charge in [-0.1, -0.05) is 100 Å². The molecule has 6 heteroatoms. The molecule has 2 unspecified atom stereocenters. The molecule has 2 aliphatic rings. The second-order valence-electron chi connectivity index (χ2n) is 9.67. The standard InChI is InChI=1S/C30H33N5O.2C2H6/c31-20-26-13-7-8-14-28(26)33-15-17-34(18-16-33)30(36)29-19-27(32-21-24-9-3-1-4-10-24)23-35(29)22-25-11-5-2-6-12-25;2*1-2/h1-14,27,29,32H,15-19,21-23H2;2*1-2H3. The van der Waals surface area contributed by atoms with Gasteiger partial charge in [0.05, 0.1) is 17.3 Å². The highest BCUT2D eigenvalue weighted by Crippen LogP contribution is 2.25. The maximum atomic E-state index is 13.8. The molecule has 2 saturated heterocycles. The molecule has 2 fully saturated rings. The van der Waals surface area contributed by atoms with Crippen molar-refractivity contribution in [2.45, 2.75) is 59.3 Å². The van der Waals surface area contributed by atoms with Gasteiger partial charge in [0.15, 0.2) is 0 Å². The Morgan fingerprint density at radius 1 is 0.825 bits per heavy atom. The molecule has 6 nitrogen and oxygen atoms in total. The zero-order chi connectivity index (χ0) is 28.7. The van der Waals surface area contributed by atoms with Crippen LogP contribution in [-0.4, -0.2) is 60.5 Å². The van der Waals surface area contributed by atoms with Crippen LogP contribution in [-0.2, 0) is 17.9 Å². The van der Waals surface area contributed by atoms with E-state index in [1.54, 1.807) is 0 Å². The molecular weight excluding hydrogens is 494 g/mol. The number of nitrogens with zero attached hydrogens (tertiary/aromatic N) is 4. The minimum atomic E-state index is -0.128. The molecule has 212 valence electrons. The summed E-state index contributed by atoms with van der Waals surface area (Å²) in [5.74, 6) is 0.225. The third-order valence-corrected chi connectivity index (χ3v) is 7.31. The number of hydrogen-bond acceptors (Lipinski definition) is 5. The lowest BCUT2D eigenvalue weighted by Gasteiger charge is -2.38. The van der Waals surface area contributed by atoms with E-state index < -0.39 is 0 Å². The first-order valence-corrected chi connectivity index (χ1v) is 14.8. The quantitative estimate of drug-likeness (QED) is 0.418. The highest BCUT2D eigenvalue weighted by atomic mass is 16.2. The number of likely N-dealkylation sites (tertiary alicyclic amines) is 1. The Balaban J connectivity index is 0.00000106. The van der Waals surface area contributed by atoms with Crippen LogP contribution < -0.4 is 10.2 Å². The lowest BCUT2D eigenvalue weighted by molar-refractivity contribution is -0.136. The second-order valence-corrected chi connectivity index (χ2v) is 9.67. The highest BCUT2D eigenvalue weighted by molar-refractivity contribution is 5.82. The molecule has 3 aromatic carbocycles. The number of benzene rings is 3. The lowest BCUT2D eigenvalue weighted by atomic mass is 10.1. The Kier molecular flexibility index (Phi) is 12.7. The summed E-state index contributed by atoms with van der Waals surface area (Å²) in [6, 6.07) is 31.0. The van der Waals surface area contributed by atoms with Gasteiger partial charge in [-0.25, -0.2) is 0 Å². The lowest BCUT2D eigenvalue weighted by Crippen LogP contribution is -2.53. The maximum absolute atomic E-state index is 13.8. The van der Waals surface area contributed by atoms with Crippen LogP contribution >= 0.6 is 0 Å². The van der Waals surface area contributed by atoms with Crippen molar-refractivity contribution in [2.75, 3.05) is 37.6 Å². The van der Waals surface area contributed by atoms with Crippen LogP contribution in [0.25, 0.3) is 0 Å². The largest absolute Gasteiger partial charge is 0.367 e. The molecule has 2 atom stereocenters. The number of amides is 1. The van der Waals surface area contributed by atoms with Gasteiger partial charge in [0.2, 0.25) is 5.91 Å². The predicted octanol–water partition coefficient (Wildman–Crippen LogP) is 5.69. The van der Waals surface area contributed by atoms with Crippen molar-refractivity contribution in [1.29, 1.82) is 5.26 Å². The molecular formula is C34H45N5O. The Morgan fingerprint density at radius 2 is 1.40 bits per heavy atom. The Morgan fingerprint density at radius 3 is 2.02 bits per heavy atom. The SMILES string of the molecule is CC.CC.N#Cc1ccccc1N1CCN(C(=O)C2CC(NCc3ccccc3)CN2Cc2ccccc2)CC1. The third-order valence-electron chi connectivity index (χ3n) is 7.31. The van der Waals surface area contributed by atoms with Crippen molar-refractivity contribution in [3.05, 3.63) is 102 Å². The van der Waals surface area contributed by atoms with Crippen LogP contribution in [0.15, 0.2) is 84.9 Å². The van der Waals surface area contributed by atoms with E-state index in [9.17, 15) is 10.1 Å². The molecule has 0 radical (unpaired) electrons. The monoisotopic (exact) mass is 539 g/mol. The fourth-order valence-electron chi connectivity index (χ4n) is 5.38. The van der Waals surface area contributed by atoms with Crippen LogP contribution in [0.4, 0.5) is 5.69 Å². The van der Waals surface area contributed by atoms with Crippen molar-refractivity contribution in [3.63, 3.8) is 0 Å². The summed E-state index contributed by atoms with van der Waals surface area (Å²) >= 11 is 0. The van der Waals surface area contributed by atoms with Gasteiger partial charge in [-0.2, -0.15) is 5.26 Å². The van der Waals surface area contributed by atoms with E-state index in [1.807, 2.05) is 69.0 Å². The molecule has 0 aliphatic carbocycles. The summed E-state index contributed by atoms with van der Waals surface area (Å²) in [7, 11) is 0. The summed E-state index contributed by atoms with van der Waals surface area (Å²) < 4.78 is 0. The molecule has 0 saturated carbocycles. The minimum Gasteiger partial charge on any atom is -0.367 e. The van der Waals surface area contributed by atoms with Gasteiger partial charge in [-0.3, -0.25) is 9.69 Å². The molecule has 1 N–H and O–H groups in total. The smallest absolute Gasteiger partial charge is 0.240 e. The zero-order valence-electron chi connectivity index (χ0n) is 24.6. The maximum Gasteiger partial charge on any atom is 0.240 e. The van der Waals surface area contributed by atoms with Gasteiger partial charge in [0.1, 0.15) is 6.07 Å². The molecule has 0 spiro atoms. The minimum absolute atomic E-state index is 0.128. The zero-order valence-corrected chi connectivity index (χ0v) is 24.6. The number of carbonyl (C=O) groups is 1. The first-order valence-electron chi connectivity index (χ1n) is 14.8. The van der Waals surface area contributed by atoms with E-state index in [-0.39, 0.29) is 18.0 Å². The Labute approximate surface area is 241 Å². The van der Waals surface area contributed by atoms with Crippen LogP contribution in [0.3, 0.4) is 0 Å². The van der Waals surface area contributed by atoms with E-state index in [0.29, 0.717) is 18.7 Å². The molecule has 5 rings (SSSR count). The molecule has 0 bridgehead atoms. The number of nitrogens with one attached hydrogen (secondary N) is 1. The number of hydrogen-bond donors (Lipinski definition) is 1. The van der Waals surface area contributed by atoms with E-state index >= 15 is 0 Å². The average molecular weight is 540 g/mol. The van der Waals surface area contributed by atoms with E-state index in [2.05, 4.69) is 69.7 Å². The number of para-hydroxylation sites is 1. The molecule has 2 heterocycles. The summed E-state index contributed by atoms with van der Waals surface area (Å²) in [6.45, 7) is 13.3. The number of nitriles is 1. The molecule has 3 aromatic rings. The van der Waals surface area contributed by atoms with Crippen molar-refractivity contribution < 1.29 is 4.79 Å². The fraction of sp³-hybridized carbons (Fsp3) is 0.412. The summed E-state index contributed by atoms with van der Waals surface area (Å²) in [6.07, 6.45) is 0.815. The second kappa shape index (κ2) is 16.4. The van der Waals surface area contributed by atoms with Crippen molar-refractivity contribution in [2.24, 2.45) is 0 Å². The average Bonchev–Trinajstić information content (AvgIpc) is 3.45. The van der Waals surface area contributed by atoms with Crippen molar-refractivity contribution >= 4 is 11.6 Å². The van der Waals surface area contributed by atoms with E-state index in [4.69, 9.17) is 0 Å². The third kappa shape index (κ3) is 8.17. The van der Waals surface area contributed by atoms with Crippen LogP contribution in [0.2, 0.25) is 0 Å². The topological polar surface area (TPSA) is 62.6 Å². The first-order chi connectivity index (χ1) is 19.7. The van der Waals surface area contributed by atoms with Gasteiger partial charge >= 0.3 is 0 Å². The van der Waals surface area contributed by atoms with Crippen LogP contribution in [0, 0.1) is 11.3 Å². The van der Waals surface area contributed by atoms with Gasteiger partial charge < -0.3 is 15.1 Å². The highest BCUT2D eigenvalue weighted by Gasteiger charge is 2.39. The first kappa shape index (κ1) is 30.9. The van der Waals surface area contributed by atoms with E-state index in [1.165, 1.54) is 11.1 Å². The van der Waals surface area contributed by atoms with Crippen LogP contribution in [0.1, 0.15) is 50.8 Å². The number of anilines is 1. The van der Waals surface area contributed by atoms with Crippen molar-refractivity contribution in [1.82, 2.24) is 15.1 Å². The summed E-state index contributed by atoms with van der Waals surface area (Å²) in [5.41, 5.74) is 4.14. The van der Waals surface area contributed by atoms with Crippen molar-refractivity contribution in [3.8, 4) is 6.07 Å². The predicted molar refractivity (Wildman–Crippen MR) is 165 cm³/mol. The van der Waals surface area contributed by atoms with Gasteiger partial charge in [0.25, 0.3) is 0 Å². The van der Waals surface area contributed by atoms with E-state index in [0.717, 1.165) is 44.8 Å². The molecule has 40 heavy (non-hydrogen) atoms. The molecule has 2 aliphatic heterocycles. The normalized spacial score (nSPS) is 18.6. The molecule has 1 amide bonds. The number of carbonyl (C=O) groups excluding carboxylic acids is 1. The van der Waals surface area contributed by atoms with Gasteiger partial charge in [-0.05, 0) is 29.7 Å². The number of piperazine rings is 1. The Bertz CT molecular complexity index is 1190. The summed E-state index contributed by atoms with van der Waals surface area (Å²) in [4.78, 5) is 20.4. The van der Waals surface area contributed by atoms with Gasteiger partial charge in [-0.15, -0.1) is 0 Å². The Hall–Kier alpha value is -3.66. The molecule has 0 aromatic heterocycles. The fourth-order valence-corrected chi connectivity index (χ4v) is 5.38.